The number of likely N-dealkylation sites (N-methyl/N-ethyl adjacent to an activating group) is 1. The number of pyridine rings is 1. The second kappa shape index (κ2) is 15.8. The average Bonchev–Trinajstić information content (AvgIpc) is 3.78. The van der Waals surface area contributed by atoms with Crippen molar-refractivity contribution in [3.63, 3.8) is 0 Å². The minimum atomic E-state index is -3.05. The zero-order valence-electron chi connectivity index (χ0n) is 23.5. The van der Waals surface area contributed by atoms with Gasteiger partial charge in [-0.15, -0.1) is 0 Å². The molecule has 3 N–H and O–H groups in total. The van der Waals surface area contributed by atoms with Gasteiger partial charge in [-0.3, -0.25) is 4.79 Å². The summed E-state index contributed by atoms with van der Waals surface area (Å²) in [4.78, 5) is 28.6. The van der Waals surface area contributed by atoms with Gasteiger partial charge in [0.05, 0.1) is 25.8 Å². The van der Waals surface area contributed by atoms with E-state index in [1.165, 1.54) is 31.4 Å². The number of nitrogens with one attached hydrogen (secondary N) is 2. The number of ketones is 1. The summed E-state index contributed by atoms with van der Waals surface area (Å²) in [7, 11) is 3.14. The molecule has 0 spiro atoms. The highest BCUT2D eigenvalue weighted by Crippen LogP contribution is 2.38. The van der Waals surface area contributed by atoms with Gasteiger partial charge in [0.25, 0.3) is 0 Å². The Labute approximate surface area is 257 Å². The third-order valence-electron chi connectivity index (χ3n) is 6.64. The van der Waals surface area contributed by atoms with Crippen LogP contribution in [0.3, 0.4) is 0 Å². The summed E-state index contributed by atoms with van der Waals surface area (Å²) < 4.78 is 48.1. The van der Waals surface area contributed by atoms with Crippen LogP contribution in [0.5, 0.6) is 17.2 Å². The number of benzene rings is 2. The normalized spacial score (nSPS) is 13.2. The molecule has 13 heteroatoms. The van der Waals surface area contributed by atoms with Crippen molar-refractivity contribution in [2.45, 2.75) is 38.4 Å². The van der Waals surface area contributed by atoms with Crippen molar-refractivity contribution in [1.82, 2.24) is 5.32 Å². The molecular weight excluding hydrogens is 609 g/mol. The first-order chi connectivity index (χ1) is 20.2. The summed E-state index contributed by atoms with van der Waals surface area (Å²) in [6, 6.07) is 9.07. The molecule has 0 aliphatic heterocycles. The molecule has 0 bridgehead atoms. The molecule has 232 valence electrons. The first-order valence-electron chi connectivity index (χ1n) is 13.3. The van der Waals surface area contributed by atoms with E-state index in [0.29, 0.717) is 45.0 Å². The Hall–Kier alpha value is -3.51. The Bertz CT molecular complexity index is 1400. The van der Waals surface area contributed by atoms with E-state index >= 15 is 0 Å². The van der Waals surface area contributed by atoms with Crippen LogP contribution in [0.2, 0.25) is 10.0 Å². The lowest BCUT2D eigenvalue weighted by Crippen LogP contribution is -2.20. The molecule has 1 aliphatic rings. The number of carbonyl (C=O) groups excluding carboxylic acids is 2. The summed E-state index contributed by atoms with van der Waals surface area (Å²) in [5.41, 5.74) is 1.68. The van der Waals surface area contributed by atoms with Gasteiger partial charge in [-0.05, 0) is 61.7 Å². The van der Waals surface area contributed by atoms with Gasteiger partial charge in [0, 0.05) is 24.0 Å². The number of Topliss-reactive ketones (excluding diaryl/α,β-unsaturated/α-hetero) is 1. The lowest BCUT2D eigenvalue weighted by Gasteiger charge is -2.21. The number of alkyl halides is 2. The third-order valence-corrected chi connectivity index (χ3v) is 7.31. The van der Waals surface area contributed by atoms with Crippen LogP contribution in [-0.2, 0) is 22.4 Å². The molecule has 1 atom stereocenters. The molecule has 1 aromatic heterocycles. The first kappa shape index (κ1) is 34.0. The van der Waals surface area contributed by atoms with Gasteiger partial charge in [0.1, 0.15) is 21.9 Å². The largest absolute Gasteiger partial charge is 0.870 e. The maximum Gasteiger partial charge on any atom is 0.387 e. The van der Waals surface area contributed by atoms with Crippen molar-refractivity contribution < 1.29 is 47.8 Å². The van der Waals surface area contributed by atoms with E-state index in [0.717, 1.165) is 12.8 Å². The topological polar surface area (TPSA) is 127 Å². The predicted octanol–water partition coefficient (Wildman–Crippen LogP) is 5.50. The number of ether oxygens (including phenoxy) is 4. The molecule has 1 heterocycles. The quantitative estimate of drug-likeness (QED) is 0.216. The fourth-order valence-corrected chi connectivity index (χ4v) is 4.85. The zero-order valence-corrected chi connectivity index (χ0v) is 25.0. The van der Waals surface area contributed by atoms with E-state index in [2.05, 4.69) is 15.0 Å². The predicted molar refractivity (Wildman–Crippen MR) is 154 cm³/mol. The number of methoxy groups -OCH3 is 1. The molecule has 4 rings (SSSR count). The van der Waals surface area contributed by atoms with Crippen molar-refractivity contribution in [3.05, 3.63) is 81.1 Å². The highest BCUT2D eigenvalue weighted by atomic mass is 35.5. The van der Waals surface area contributed by atoms with Crippen LogP contribution in [0, 0.1) is 5.92 Å². The fraction of sp³-hybridized carbons (Fsp3) is 0.367. The summed E-state index contributed by atoms with van der Waals surface area (Å²) in [6.45, 7) is -2.54. The Morgan fingerprint density at radius 2 is 1.74 bits per heavy atom. The van der Waals surface area contributed by atoms with Crippen LogP contribution < -0.4 is 24.5 Å². The van der Waals surface area contributed by atoms with Crippen molar-refractivity contribution in [1.29, 1.82) is 0 Å². The number of hydrogen-bond acceptors (Lipinski definition) is 8. The maximum absolute atomic E-state index is 13.5. The zero-order chi connectivity index (χ0) is 30.2. The molecule has 9 nitrogen and oxygen atoms in total. The monoisotopic (exact) mass is 640 g/mol. The molecule has 3 aromatic rings. The van der Waals surface area contributed by atoms with Crippen LogP contribution in [-0.4, -0.2) is 51.1 Å². The molecule has 0 amide bonds. The number of hydrogen-bond donors (Lipinski definition) is 1. The van der Waals surface area contributed by atoms with Crippen molar-refractivity contribution >= 4 is 35.0 Å². The van der Waals surface area contributed by atoms with Crippen LogP contribution in [0.15, 0.2) is 48.8 Å². The number of halogens is 4. The highest BCUT2D eigenvalue weighted by Gasteiger charge is 2.27. The third kappa shape index (κ3) is 9.49. The summed E-state index contributed by atoms with van der Waals surface area (Å²) >= 11 is 12.8. The second-order valence-electron chi connectivity index (χ2n) is 9.84. The lowest BCUT2D eigenvalue weighted by atomic mass is 10.0. The van der Waals surface area contributed by atoms with Gasteiger partial charge in [-0.2, -0.15) is 8.78 Å². The van der Waals surface area contributed by atoms with Crippen molar-refractivity contribution in [3.8, 4) is 17.2 Å². The van der Waals surface area contributed by atoms with Gasteiger partial charge in [0.15, 0.2) is 29.7 Å². The standard InChI is InChI=1S/C30H30Cl2F2N2O6.H2O/c1-35-13-21(37)10-20-9-19(6-7-25(20)39-2)29(38)41-27(12-22-23(31)14-36-15-24(22)32)18-5-8-26(42-30(33)34)28(11-18)40-16-17-3-4-17;/h5-9,11,14-15,17,27,30,35H,3-4,10,12-13,16H2,1-2H3;1H2/t27-;/m0./s1. The van der Waals surface area contributed by atoms with Gasteiger partial charge < -0.3 is 29.7 Å². The van der Waals surface area contributed by atoms with Gasteiger partial charge in [0.2, 0.25) is 0 Å². The molecule has 0 radical (unpaired) electrons. The number of esters is 1. The fourth-order valence-electron chi connectivity index (χ4n) is 4.32. The van der Waals surface area contributed by atoms with E-state index in [1.54, 1.807) is 31.6 Å². The summed E-state index contributed by atoms with van der Waals surface area (Å²) in [6.07, 6.45) is 4.25. The smallest absolute Gasteiger partial charge is 0.387 e. The Balaban J connectivity index is 0.00000506. The molecular formula is C30H32Cl2F2N2O7. The maximum atomic E-state index is 13.5. The van der Waals surface area contributed by atoms with Gasteiger partial charge in [-0.25, -0.2) is 9.78 Å². The SMILES string of the molecule is CNCC(=O)Cc1cc(C(=O)O[C@@H](Cc2c(Cl)c[nH+]cc2Cl)c2ccc(OC(F)F)c(OCC3CC3)c2)ccc1OC.[OH-]. The lowest BCUT2D eigenvalue weighted by molar-refractivity contribution is -0.377. The number of rotatable bonds is 15. The minimum absolute atomic E-state index is 0. The van der Waals surface area contributed by atoms with Gasteiger partial charge in [-0.1, -0.05) is 29.3 Å². The molecule has 1 fully saturated rings. The Morgan fingerprint density at radius 3 is 2.37 bits per heavy atom. The molecule has 0 saturated heterocycles. The Kier molecular flexibility index (Phi) is 12.5. The Morgan fingerprint density at radius 1 is 1.05 bits per heavy atom. The average molecular weight is 641 g/mol. The minimum Gasteiger partial charge on any atom is -0.870 e. The first-order valence-corrected chi connectivity index (χ1v) is 14.0. The van der Waals surface area contributed by atoms with Crippen molar-refractivity contribution in [2.75, 3.05) is 27.3 Å². The van der Waals surface area contributed by atoms with Crippen LogP contribution in [0.25, 0.3) is 0 Å². The number of aromatic nitrogens is 1. The second-order valence-corrected chi connectivity index (χ2v) is 10.7. The van der Waals surface area contributed by atoms with Crippen LogP contribution in [0.4, 0.5) is 8.78 Å². The summed E-state index contributed by atoms with van der Waals surface area (Å²) in [5, 5.41) is 3.45. The van der Waals surface area contributed by atoms with E-state index in [-0.39, 0.29) is 47.7 Å². The van der Waals surface area contributed by atoms with Crippen LogP contribution >= 0.6 is 23.2 Å². The van der Waals surface area contributed by atoms with Crippen molar-refractivity contribution in [2.24, 2.45) is 5.92 Å². The number of aromatic amines is 1. The molecule has 1 saturated carbocycles. The van der Waals surface area contributed by atoms with E-state index in [1.807, 2.05) is 0 Å². The van der Waals surface area contributed by atoms with Gasteiger partial charge >= 0.3 is 12.6 Å². The summed E-state index contributed by atoms with van der Waals surface area (Å²) in [5.74, 6) is 0.00935. The highest BCUT2D eigenvalue weighted by molar-refractivity contribution is 6.35. The molecule has 1 aliphatic carbocycles. The molecule has 2 aromatic carbocycles. The number of carbonyl (C=O) groups is 2. The van der Waals surface area contributed by atoms with E-state index < -0.39 is 18.7 Å². The number of H-pyrrole nitrogens is 1. The van der Waals surface area contributed by atoms with E-state index in [4.69, 9.17) is 37.4 Å². The van der Waals surface area contributed by atoms with Crippen LogP contribution in [0.1, 0.15) is 46.0 Å². The van der Waals surface area contributed by atoms with E-state index in [9.17, 15) is 18.4 Å². The molecule has 43 heavy (non-hydrogen) atoms. The molecule has 0 unspecified atom stereocenters.